The van der Waals surface area contributed by atoms with E-state index >= 15 is 0 Å². The van der Waals surface area contributed by atoms with E-state index in [1.807, 2.05) is 37.4 Å². The molecule has 1 aromatic carbocycles. The minimum Gasteiger partial charge on any atom is -0.464 e. The Hall–Kier alpha value is -2.73. The fourth-order valence-electron chi connectivity index (χ4n) is 3.79. The van der Waals surface area contributed by atoms with Crippen molar-refractivity contribution in [2.24, 2.45) is 0 Å². The van der Waals surface area contributed by atoms with Gasteiger partial charge in [0.25, 0.3) is 0 Å². The Kier molecular flexibility index (Phi) is 5.39. The number of anilines is 1. The number of nitrogens with zero attached hydrogens (tertiary/aromatic N) is 4. The Labute approximate surface area is 164 Å². The first-order valence-electron chi connectivity index (χ1n) is 9.95. The van der Waals surface area contributed by atoms with E-state index in [-0.39, 0.29) is 5.43 Å². The first-order valence-corrected chi connectivity index (χ1v) is 9.95. The summed E-state index contributed by atoms with van der Waals surface area (Å²) in [6.07, 6.45) is 5.66. The van der Waals surface area contributed by atoms with Gasteiger partial charge in [-0.25, -0.2) is 9.97 Å². The van der Waals surface area contributed by atoms with E-state index < -0.39 is 0 Å². The standard InChI is InChI=1S/C22H26N4O2/c1-3-6-17-13-23-16(2)24-22(17)26-11-9-25(10-12-26)14-18-15-28-20-8-5-4-7-19(20)21(18)27/h4-5,7-8,13,15H,3,6,9-12,14H2,1-2H3. The average molecular weight is 378 g/mol. The van der Waals surface area contributed by atoms with Crippen molar-refractivity contribution in [3.05, 3.63) is 63.9 Å². The van der Waals surface area contributed by atoms with Crippen LogP contribution in [0.2, 0.25) is 0 Å². The molecule has 0 unspecified atom stereocenters. The molecule has 4 rings (SSSR count). The SMILES string of the molecule is CCCc1cnc(C)nc1N1CCN(Cc2coc3ccccc3c2=O)CC1. The second-order valence-electron chi connectivity index (χ2n) is 7.37. The summed E-state index contributed by atoms with van der Waals surface area (Å²) in [6, 6.07) is 7.41. The summed E-state index contributed by atoms with van der Waals surface area (Å²) >= 11 is 0. The van der Waals surface area contributed by atoms with Crippen molar-refractivity contribution in [3.8, 4) is 0 Å². The highest BCUT2D eigenvalue weighted by Gasteiger charge is 2.21. The second-order valence-corrected chi connectivity index (χ2v) is 7.37. The van der Waals surface area contributed by atoms with Crippen LogP contribution in [-0.2, 0) is 13.0 Å². The quantitative estimate of drug-likeness (QED) is 0.680. The molecule has 0 amide bonds. The molecule has 146 valence electrons. The van der Waals surface area contributed by atoms with Crippen LogP contribution in [0, 0.1) is 6.92 Å². The molecule has 0 radical (unpaired) electrons. The molecule has 1 aliphatic rings. The number of aryl methyl sites for hydroxylation is 2. The Balaban J connectivity index is 1.46. The number of fused-ring (bicyclic) bond motifs is 1. The van der Waals surface area contributed by atoms with Crippen LogP contribution < -0.4 is 10.3 Å². The van der Waals surface area contributed by atoms with E-state index in [4.69, 9.17) is 9.40 Å². The van der Waals surface area contributed by atoms with Gasteiger partial charge in [0, 0.05) is 50.0 Å². The molecule has 28 heavy (non-hydrogen) atoms. The first-order chi connectivity index (χ1) is 13.7. The molecule has 1 saturated heterocycles. The Morgan fingerprint density at radius 1 is 1.11 bits per heavy atom. The summed E-state index contributed by atoms with van der Waals surface area (Å²) in [5.74, 6) is 1.88. The Morgan fingerprint density at radius 3 is 2.68 bits per heavy atom. The lowest BCUT2D eigenvalue weighted by Gasteiger charge is -2.36. The number of hydrogen-bond acceptors (Lipinski definition) is 6. The van der Waals surface area contributed by atoms with Gasteiger partial charge in [0.05, 0.1) is 11.6 Å². The molecule has 1 aliphatic heterocycles. The molecular formula is C22H26N4O2. The summed E-state index contributed by atoms with van der Waals surface area (Å²) in [5, 5.41) is 0.652. The molecule has 0 atom stereocenters. The molecule has 1 fully saturated rings. The van der Waals surface area contributed by atoms with Crippen molar-refractivity contribution >= 4 is 16.8 Å². The van der Waals surface area contributed by atoms with E-state index in [2.05, 4.69) is 21.7 Å². The largest absolute Gasteiger partial charge is 0.464 e. The molecule has 6 heteroatoms. The van der Waals surface area contributed by atoms with Crippen molar-refractivity contribution < 1.29 is 4.42 Å². The monoisotopic (exact) mass is 378 g/mol. The molecule has 3 heterocycles. The molecule has 2 aromatic heterocycles. The van der Waals surface area contributed by atoms with Crippen LogP contribution in [0.25, 0.3) is 11.0 Å². The number of piperazine rings is 1. The third-order valence-corrected chi connectivity index (χ3v) is 5.30. The highest BCUT2D eigenvalue weighted by Crippen LogP contribution is 2.21. The van der Waals surface area contributed by atoms with Crippen LogP contribution in [0.1, 0.15) is 30.3 Å². The van der Waals surface area contributed by atoms with Gasteiger partial charge in [-0.05, 0) is 25.5 Å². The predicted molar refractivity (Wildman–Crippen MR) is 111 cm³/mol. The number of aromatic nitrogens is 2. The number of benzene rings is 1. The second kappa shape index (κ2) is 8.10. The molecule has 0 bridgehead atoms. The normalized spacial score (nSPS) is 15.3. The number of para-hydroxylation sites is 1. The molecule has 3 aromatic rings. The van der Waals surface area contributed by atoms with E-state index in [1.54, 1.807) is 6.26 Å². The van der Waals surface area contributed by atoms with Crippen molar-refractivity contribution in [2.45, 2.75) is 33.2 Å². The van der Waals surface area contributed by atoms with Crippen molar-refractivity contribution in [3.63, 3.8) is 0 Å². The minimum atomic E-state index is 0.0703. The van der Waals surface area contributed by atoms with Gasteiger partial charge in [-0.15, -0.1) is 0 Å². The van der Waals surface area contributed by atoms with Gasteiger partial charge < -0.3 is 9.32 Å². The van der Waals surface area contributed by atoms with Gasteiger partial charge in [-0.1, -0.05) is 25.5 Å². The maximum Gasteiger partial charge on any atom is 0.197 e. The summed E-state index contributed by atoms with van der Waals surface area (Å²) in [5.41, 5.74) is 2.65. The third-order valence-electron chi connectivity index (χ3n) is 5.30. The van der Waals surface area contributed by atoms with Crippen LogP contribution in [0.3, 0.4) is 0 Å². The predicted octanol–water partition coefficient (Wildman–Crippen LogP) is 3.17. The summed E-state index contributed by atoms with van der Waals surface area (Å²) in [7, 11) is 0. The lowest BCUT2D eigenvalue weighted by Crippen LogP contribution is -2.47. The van der Waals surface area contributed by atoms with Gasteiger partial charge in [0.1, 0.15) is 17.2 Å². The number of hydrogen-bond donors (Lipinski definition) is 0. The van der Waals surface area contributed by atoms with Crippen molar-refractivity contribution in [2.75, 3.05) is 31.1 Å². The topological polar surface area (TPSA) is 62.5 Å². The minimum absolute atomic E-state index is 0.0703. The average Bonchev–Trinajstić information content (AvgIpc) is 2.72. The lowest BCUT2D eigenvalue weighted by molar-refractivity contribution is 0.247. The zero-order valence-corrected chi connectivity index (χ0v) is 16.5. The number of rotatable bonds is 5. The van der Waals surface area contributed by atoms with E-state index in [0.29, 0.717) is 17.5 Å². The van der Waals surface area contributed by atoms with Gasteiger partial charge >= 0.3 is 0 Å². The fourth-order valence-corrected chi connectivity index (χ4v) is 3.79. The van der Waals surface area contributed by atoms with Gasteiger partial charge in [0.15, 0.2) is 5.43 Å². The first kappa shape index (κ1) is 18.6. The van der Waals surface area contributed by atoms with Gasteiger partial charge in [-0.2, -0.15) is 0 Å². The molecule has 0 aliphatic carbocycles. The van der Waals surface area contributed by atoms with E-state index in [0.717, 1.165) is 56.2 Å². The molecule has 0 saturated carbocycles. The van der Waals surface area contributed by atoms with Crippen LogP contribution in [0.4, 0.5) is 5.82 Å². The van der Waals surface area contributed by atoms with Gasteiger partial charge in [-0.3, -0.25) is 9.69 Å². The zero-order valence-electron chi connectivity index (χ0n) is 16.5. The summed E-state index contributed by atoms with van der Waals surface area (Å²) < 4.78 is 5.66. The van der Waals surface area contributed by atoms with E-state index in [1.165, 1.54) is 5.56 Å². The van der Waals surface area contributed by atoms with Crippen LogP contribution in [-0.4, -0.2) is 41.0 Å². The Bertz CT molecular complexity index is 1020. The highest BCUT2D eigenvalue weighted by molar-refractivity contribution is 5.76. The van der Waals surface area contributed by atoms with Crippen LogP contribution >= 0.6 is 0 Å². The zero-order chi connectivity index (χ0) is 19.5. The maximum atomic E-state index is 12.7. The fraction of sp³-hybridized carbons (Fsp3) is 0.409. The van der Waals surface area contributed by atoms with Crippen LogP contribution in [0.15, 0.2) is 45.9 Å². The summed E-state index contributed by atoms with van der Waals surface area (Å²) in [4.78, 5) is 26.5. The van der Waals surface area contributed by atoms with E-state index in [9.17, 15) is 4.79 Å². The van der Waals surface area contributed by atoms with Crippen LogP contribution in [0.5, 0.6) is 0 Å². The summed E-state index contributed by atoms with van der Waals surface area (Å²) in [6.45, 7) is 8.30. The third kappa shape index (κ3) is 3.78. The molecule has 0 N–H and O–H groups in total. The van der Waals surface area contributed by atoms with Crippen molar-refractivity contribution in [1.29, 1.82) is 0 Å². The smallest absolute Gasteiger partial charge is 0.197 e. The maximum absolute atomic E-state index is 12.7. The van der Waals surface area contributed by atoms with Crippen molar-refractivity contribution in [1.82, 2.24) is 14.9 Å². The molecule has 0 spiro atoms. The molecule has 6 nitrogen and oxygen atoms in total. The lowest BCUT2D eigenvalue weighted by atomic mass is 10.1. The van der Waals surface area contributed by atoms with Gasteiger partial charge in [0.2, 0.25) is 0 Å². The molecular weight excluding hydrogens is 352 g/mol. The highest BCUT2D eigenvalue weighted by atomic mass is 16.3. The Morgan fingerprint density at radius 2 is 1.89 bits per heavy atom.